The van der Waals surface area contributed by atoms with Crippen molar-refractivity contribution >= 4 is 21.9 Å². The summed E-state index contributed by atoms with van der Waals surface area (Å²) in [7, 11) is 1.40. The Morgan fingerprint density at radius 1 is 1.73 bits per heavy atom. The largest absolute Gasteiger partial charge is 0.469 e. The van der Waals surface area contributed by atoms with Gasteiger partial charge in [-0.05, 0) is 13.3 Å². The number of ether oxygens (including phenoxy) is 1. The van der Waals surface area contributed by atoms with Gasteiger partial charge < -0.3 is 4.74 Å². The normalized spacial score (nSPS) is 13.4. The second-order valence-corrected chi connectivity index (χ2v) is 3.66. The third kappa shape index (κ3) is 7.59. The molecule has 0 aromatic heterocycles. The first-order valence-corrected chi connectivity index (χ1v) is 4.46. The van der Waals surface area contributed by atoms with Crippen LogP contribution in [0.2, 0.25) is 0 Å². The number of carbonyl (C=O) groups is 1. The molecular weight excluding hydrogens is 208 g/mol. The zero-order valence-corrected chi connectivity index (χ0v) is 8.43. The lowest BCUT2D eigenvalue weighted by Gasteiger charge is -1.94. The summed E-state index contributed by atoms with van der Waals surface area (Å²) in [6.07, 6.45) is 5.19. The van der Waals surface area contributed by atoms with Gasteiger partial charge in [-0.2, -0.15) is 0 Å². The van der Waals surface area contributed by atoms with E-state index in [-0.39, 0.29) is 5.97 Å². The topological polar surface area (TPSA) is 26.3 Å². The zero-order chi connectivity index (χ0) is 8.69. The predicted octanol–water partition coefficient (Wildman–Crippen LogP) is 2.28. The van der Waals surface area contributed by atoms with Crippen LogP contribution in [-0.4, -0.2) is 17.9 Å². The molecule has 0 fully saturated rings. The molecule has 0 rings (SSSR count). The van der Waals surface area contributed by atoms with Crippen molar-refractivity contribution < 1.29 is 9.53 Å². The van der Waals surface area contributed by atoms with Crippen molar-refractivity contribution in [3.63, 3.8) is 0 Å². The van der Waals surface area contributed by atoms with Crippen LogP contribution in [0.25, 0.3) is 0 Å². The van der Waals surface area contributed by atoms with E-state index < -0.39 is 0 Å². The third-order valence-electron chi connectivity index (χ3n) is 1.14. The van der Waals surface area contributed by atoms with Crippen LogP contribution in [0.1, 0.15) is 19.8 Å². The standard InChI is InChI=1S/C8H13BrO2/c1-7(9)5-3-4-6-8(10)11-2/h3,5,7H,4,6H2,1-2H3/b5-3+. The van der Waals surface area contributed by atoms with E-state index in [9.17, 15) is 4.79 Å². The number of hydrogen-bond donors (Lipinski definition) is 0. The van der Waals surface area contributed by atoms with Gasteiger partial charge in [0.15, 0.2) is 0 Å². The highest BCUT2D eigenvalue weighted by atomic mass is 79.9. The molecule has 64 valence electrons. The van der Waals surface area contributed by atoms with Crippen LogP contribution >= 0.6 is 15.9 Å². The highest BCUT2D eigenvalue weighted by Crippen LogP contribution is 2.01. The van der Waals surface area contributed by atoms with Crippen molar-refractivity contribution in [1.29, 1.82) is 0 Å². The molecule has 0 N–H and O–H groups in total. The Labute approximate surface area is 75.7 Å². The zero-order valence-electron chi connectivity index (χ0n) is 6.84. The van der Waals surface area contributed by atoms with E-state index in [2.05, 4.69) is 20.7 Å². The Hall–Kier alpha value is -0.310. The summed E-state index contributed by atoms with van der Waals surface area (Å²) in [4.78, 5) is 11.0. The number of hydrogen-bond acceptors (Lipinski definition) is 2. The smallest absolute Gasteiger partial charge is 0.305 e. The first kappa shape index (κ1) is 10.7. The van der Waals surface area contributed by atoms with E-state index in [1.54, 1.807) is 0 Å². The van der Waals surface area contributed by atoms with Gasteiger partial charge in [-0.3, -0.25) is 4.79 Å². The summed E-state index contributed by atoms with van der Waals surface area (Å²) >= 11 is 3.36. The Kier molecular flexibility index (Phi) is 6.22. The number of alkyl halides is 1. The fourth-order valence-electron chi connectivity index (χ4n) is 0.587. The summed E-state index contributed by atoms with van der Waals surface area (Å²) in [5, 5.41) is 0. The molecule has 2 nitrogen and oxygen atoms in total. The van der Waals surface area contributed by atoms with Gasteiger partial charge in [-0.15, -0.1) is 0 Å². The van der Waals surface area contributed by atoms with Crippen molar-refractivity contribution in [2.24, 2.45) is 0 Å². The average Bonchev–Trinajstić information content (AvgIpc) is 1.97. The summed E-state index contributed by atoms with van der Waals surface area (Å²) in [6, 6.07) is 0. The summed E-state index contributed by atoms with van der Waals surface area (Å²) in [5.41, 5.74) is 0. The van der Waals surface area contributed by atoms with Gasteiger partial charge in [-0.1, -0.05) is 28.1 Å². The molecule has 0 aromatic carbocycles. The minimum absolute atomic E-state index is 0.156. The Balaban J connectivity index is 3.34. The second-order valence-electron chi connectivity index (χ2n) is 2.22. The molecule has 0 bridgehead atoms. The molecule has 0 heterocycles. The van der Waals surface area contributed by atoms with Crippen molar-refractivity contribution in [3.8, 4) is 0 Å². The van der Waals surface area contributed by atoms with Crippen LogP contribution in [0.3, 0.4) is 0 Å². The van der Waals surface area contributed by atoms with E-state index in [1.807, 2.05) is 19.1 Å². The molecule has 0 amide bonds. The first-order chi connectivity index (χ1) is 5.16. The highest BCUT2D eigenvalue weighted by molar-refractivity contribution is 9.09. The lowest BCUT2D eigenvalue weighted by atomic mass is 10.3. The van der Waals surface area contributed by atoms with Crippen molar-refractivity contribution in [1.82, 2.24) is 0 Å². The van der Waals surface area contributed by atoms with Gasteiger partial charge in [0.05, 0.1) is 7.11 Å². The molecule has 0 spiro atoms. The minimum Gasteiger partial charge on any atom is -0.469 e. The molecule has 1 atom stereocenters. The first-order valence-electron chi connectivity index (χ1n) is 3.54. The molecule has 0 saturated carbocycles. The van der Waals surface area contributed by atoms with Crippen molar-refractivity contribution in [3.05, 3.63) is 12.2 Å². The molecule has 0 aliphatic rings. The maximum absolute atomic E-state index is 10.6. The van der Waals surface area contributed by atoms with Gasteiger partial charge in [0, 0.05) is 11.2 Å². The molecule has 0 aromatic rings. The number of halogens is 1. The van der Waals surface area contributed by atoms with E-state index in [1.165, 1.54) is 7.11 Å². The number of esters is 1. The monoisotopic (exact) mass is 220 g/mol. The molecule has 0 aliphatic heterocycles. The van der Waals surface area contributed by atoms with Crippen LogP contribution < -0.4 is 0 Å². The van der Waals surface area contributed by atoms with Crippen molar-refractivity contribution in [2.75, 3.05) is 7.11 Å². The van der Waals surface area contributed by atoms with Gasteiger partial charge >= 0.3 is 5.97 Å². The third-order valence-corrected chi connectivity index (χ3v) is 1.45. The van der Waals surface area contributed by atoms with Crippen LogP contribution in [0.4, 0.5) is 0 Å². The molecular formula is C8H13BrO2. The quantitative estimate of drug-likeness (QED) is 0.413. The van der Waals surface area contributed by atoms with E-state index in [4.69, 9.17) is 0 Å². The minimum atomic E-state index is -0.156. The molecule has 0 aliphatic carbocycles. The van der Waals surface area contributed by atoms with Crippen LogP contribution in [-0.2, 0) is 9.53 Å². The van der Waals surface area contributed by atoms with Gasteiger partial charge in [0.1, 0.15) is 0 Å². The predicted molar refractivity (Wildman–Crippen MR) is 48.8 cm³/mol. The fourth-order valence-corrected chi connectivity index (χ4v) is 0.803. The number of methoxy groups -OCH3 is 1. The number of carbonyl (C=O) groups excluding carboxylic acids is 1. The van der Waals surface area contributed by atoms with Crippen LogP contribution in [0, 0.1) is 0 Å². The number of allylic oxidation sites excluding steroid dienone is 2. The maximum atomic E-state index is 10.6. The van der Waals surface area contributed by atoms with E-state index >= 15 is 0 Å². The SMILES string of the molecule is COC(=O)CC/C=C/C(C)Br. The Bertz CT molecular complexity index is 141. The maximum Gasteiger partial charge on any atom is 0.305 e. The molecule has 0 saturated heterocycles. The molecule has 11 heavy (non-hydrogen) atoms. The number of rotatable bonds is 4. The molecule has 0 radical (unpaired) electrons. The lowest BCUT2D eigenvalue weighted by Crippen LogP contribution is -1.98. The van der Waals surface area contributed by atoms with Gasteiger partial charge in [0.25, 0.3) is 0 Å². The van der Waals surface area contributed by atoms with Gasteiger partial charge in [0.2, 0.25) is 0 Å². The lowest BCUT2D eigenvalue weighted by molar-refractivity contribution is -0.140. The van der Waals surface area contributed by atoms with Crippen LogP contribution in [0.5, 0.6) is 0 Å². The van der Waals surface area contributed by atoms with E-state index in [0.29, 0.717) is 11.2 Å². The summed E-state index contributed by atoms with van der Waals surface area (Å²) < 4.78 is 4.47. The van der Waals surface area contributed by atoms with Gasteiger partial charge in [-0.25, -0.2) is 0 Å². The summed E-state index contributed by atoms with van der Waals surface area (Å²) in [6.45, 7) is 2.02. The molecule has 1 unspecified atom stereocenters. The van der Waals surface area contributed by atoms with Crippen LogP contribution in [0.15, 0.2) is 12.2 Å². The summed E-state index contributed by atoms with van der Waals surface area (Å²) in [5.74, 6) is -0.156. The second kappa shape index (κ2) is 6.40. The highest BCUT2D eigenvalue weighted by Gasteiger charge is 1.95. The molecule has 3 heteroatoms. The Morgan fingerprint density at radius 3 is 2.82 bits per heavy atom. The fraction of sp³-hybridized carbons (Fsp3) is 0.625. The van der Waals surface area contributed by atoms with E-state index in [0.717, 1.165) is 6.42 Å². The average molecular weight is 221 g/mol. The van der Waals surface area contributed by atoms with Crippen molar-refractivity contribution in [2.45, 2.75) is 24.6 Å². The Morgan fingerprint density at radius 2 is 2.36 bits per heavy atom.